The van der Waals surface area contributed by atoms with E-state index in [9.17, 15) is 9.59 Å². The number of carbonyl (C=O) groups is 2. The van der Waals surface area contributed by atoms with Gasteiger partial charge in [-0.2, -0.15) is 0 Å². The number of nitrogens with zero attached hydrogens (tertiary/aromatic N) is 2. The quantitative estimate of drug-likeness (QED) is 0.894. The number of hydrogen-bond acceptors (Lipinski definition) is 4. The van der Waals surface area contributed by atoms with Gasteiger partial charge in [-0.25, -0.2) is 4.79 Å². The molecule has 0 aromatic heterocycles. The number of ether oxygens (including phenoxy) is 1. The Balaban J connectivity index is 1.91. The van der Waals surface area contributed by atoms with Gasteiger partial charge in [-0.1, -0.05) is 30.3 Å². The van der Waals surface area contributed by atoms with Crippen LogP contribution in [0.15, 0.2) is 30.3 Å². The van der Waals surface area contributed by atoms with Crippen LogP contribution in [0, 0.1) is 0 Å². The molecule has 0 radical (unpaired) electrons. The number of likely N-dealkylation sites (tertiary alicyclic amines) is 1. The minimum atomic E-state index is -0.536. The normalized spacial score (nSPS) is 18.5. The summed E-state index contributed by atoms with van der Waals surface area (Å²) < 4.78 is 5.37. The summed E-state index contributed by atoms with van der Waals surface area (Å²) in [5.74, 6) is -0.0745. The van der Waals surface area contributed by atoms with Crippen molar-refractivity contribution < 1.29 is 14.3 Å². The van der Waals surface area contributed by atoms with Crippen molar-refractivity contribution in [2.24, 2.45) is 5.73 Å². The van der Waals surface area contributed by atoms with Gasteiger partial charge < -0.3 is 20.3 Å². The summed E-state index contributed by atoms with van der Waals surface area (Å²) in [5, 5.41) is 0. The summed E-state index contributed by atoms with van der Waals surface area (Å²) in [7, 11) is 0. The van der Waals surface area contributed by atoms with E-state index in [-0.39, 0.29) is 30.7 Å². The second-order valence-electron chi connectivity index (χ2n) is 6.56. The first-order valence-electron chi connectivity index (χ1n) is 8.43. The highest BCUT2D eigenvalue weighted by Crippen LogP contribution is 2.20. The molecule has 1 heterocycles. The van der Waals surface area contributed by atoms with Gasteiger partial charge in [0.2, 0.25) is 5.91 Å². The molecule has 1 aromatic rings. The first-order valence-corrected chi connectivity index (χ1v) is 8.43. The number of hydrogen-bond donors (Lipinski definition) is 1. The van der Waals surface area contributed by atoms with E-state index in [0.717, 1.165) is 12.0 Å². The van der Waals surface area contributed by atoms with Crippen LogP contribution in [0.1, 0.15) is 32.8 Å². The van der Waals surface area contributed by atoms with E-state index < -0.39 is 6.04 Å². The van der Waals surface area contributed by atoms with E-state index >= 15 is 0 Å². The molecule has 6 heteroatoms. The SMILES string of the molecule is CC(C)N(C(=O)[C@H](C)N)[C@@H]1CCN(C(=O)OCc2ccccc2)C1. The van der Waals surface area contributed by atoms with Gasteiger partial charge in [0, 0.05) is 19.1 Å². The molecular formula is C18H27N3O3. The van der Waals surface area contributed by atoms with Crippen molar-refractivity contribution in [1.82, 2.24) is 9.80 Å². The molecule has 1 aliphatic heterocycles. The van der Waals surface area contributed by atoms with Gasteiger partial charge in [0.1, 0.15) is 6.61 Å². The van der Waals surface area contributed by atoms with Gasteiger partial charge in [0.15, 0.2) is 0 Å². The van der Waals surface area contributed by atoms with Crippen LogP contribution in [0.4, 0.5) is 4.79 Å². The molecule has 0 saturated carbocycles. The summed E-state index contributed by atoms with van der Waals surface area (Å²) in [6.07, 6.45) is 0.412. The van der Waals surface area contributed by atoms with Gasteiger partial charge in [-0.05, 0) is 32.8 Å². The fourth-order valence-corrected chi connectivity index (χ4v) is 3.04. The monoisotopic (exact) mass is 333 g/mol. The lowest BCUT2D eigenvalue weighted by atomic mass is 10.1. The zero-order chi connectivity index (χ0) is 17.7. The summed E-state index contributed by atoms with van der Waals surface area (Å²) in [5.41, 5.74) is 6.71. The molecular weight excluding hydrogens is 306 g/mol. The van der Waals surface area contributed by atoms with Crippen LogP contribution in [-0.2, 0) is 16.1 Å². The maximum Gasteiger partial charge on any atom is 0.410 e. The Morgan fingerprint density at radius 1 is 1.29 bits per heavy atom. The molecule has 24 heavy (non-hydrogen) atoms. The fraction of sp³-hybridized carbons (Fsp3) is 0.556. The molecule has 2 N–H and O–H groups in total. The third kappa shape index (κ3) is 4.47. The Hall–Kier alpha value is -2.08. The lowest BCUT2D eigenvalue weighted by molar-refractivity contribution is -0.136. The maximum atomic E-state index is 12.3. The average molecular weight is 333 g/mol. The van der Waals surface area contributed by atoms with Crippen molar-refractivity contribution in [3.05, 3.63) is 35.9 Å². The molecule has 0 aliphatic carbocycles. The molecule has 1 fully saturated rings. The standard InChI is InChI=1S/C18H27N3O3/c1-13(2)21(17(22)14(3)19)16-9-10-20(11-16)18(23)24-12-15-7-5-4-6-8-15/h4-8,13-14,16H,9-12,19H2,1-3H3/t14-,16+/m0/s1. The molecule has 0 bridgehead atoms. The van der Waals surface area contributed by atoms with Gasteiger partial charge in [-0.3, -0.25) is 4.79 Å². The lowest BCUT2D eigenvalue weighted by Gasteiger charge is -2.34. The Bertz CT molecular complexity index is 560. The van der Waals surface area contributed by atoms with E-state index in [1.165, 1.54) is 0 Å². The van der Waals surface area contributed by atoms with Crippen LogP contribution in [0.25, 0.3) is 0 Å². The van der Waals surface area contributed by atoms with Crippen molar-refractivity contribution in [1.29, 1.82) is 0 Å². The molecule has 6 nitrogen and oxygen atoms in total. The zero-order valence-electron chi connectivity index (χ0n) is 14.6. The molecule has 2 amide bonds. The predicted octanol–water partition coefficient (Wildman–Crippen LogP) is 1.98. The lowest BCUT2D eigenvalue weighted by Crippen LogP contribution is -2.52. The number of nitrogens with two attached hydrogens (primary N) is 1. The summed E-state index contributed by atoms with van der Waals surface area (Å²) in [6.45, 7) is 6.97. The fourth-order valence-electron chi connectivity index (χ4n) is 3.04. The highest BCUT2D eigenvalue weighted by Gasteiger charge is 2.35. The number of rotatable bonds is 5. The number of benzene rings is 1. The Morgan fingerprint density at radius 2 is 1.96 bits per heavy atom. The maximum absolute atomic E-state index is 12.3. The van der Waals surface area contributed by atoms with Crippen LogP contribution < -0.4 is 5.73 Å². The highest BCUT2D eigenvalue weighted by molar-refractivity contribution is 5.82. The van der Waals surface area contributed by atoms with Gasteiger partial charge >= 0.3 is 6.09 Å². The molecule has 2 rings (SSSR count). The van der Waals surface area contributed by atoms with E-state index in [0.29, 0.717) is 13.1 Å². The minimum Gasteiger partial charge on any atom is -0.445 e. The summed E-state index contributed by atoms with van der Waals surface area (Å²) >= 11 is 0. The first-order chi connectivity index (χ1) is 11.4. The smallest absolute Gasteiger partial charge is 0.410 e. The van der Waals surface area contributed by atoms with E-state index in [1.54, 1.807) is 16.7 Å². The molecule has 0 unspecified atom stereocenters. The molecule has 2 atom stereocenters. The number of carbonyl (C=O) groups excluding carboxylic acids is 2. The Morgan fingerprint density at radius 3 is 2.54 bits per heavy atom. The van der Waals surface area contributed by atoms with Crippen molar-refractivity contribution in [3.63, 3.8) is 0 Å². The van der Waals surface area contributed by atoms with Crippen molar-refractivity contribution in [2.45, 2.75) is 51.9 Å². The molecule has 0 spiro atoms. The predicted molar refractivity (Wildman–Crippen MR) is 92.2 cm³/mol. The van der Waals surface area contributed by atoms with Gasteiger partial charge in [0.25, 0.3) is 0 Å². The third-order valence-electron chi connectivity index (χ3n) is 4.22. The van der Waals surface area contributed by atoms with Gasteiger partial charge in [-0.15, -0.1) is 0 Å². The Labute approximate surface area is 143 Å². The van der Waals surface area contributed by atoms with Crippen molar-refractivity contribution in [3.8, 4) is 0 Å². The average Bonchev–Trinajstić information content (AvgIpc) is 3.02. The summed E-state index contributed by atoms with van der Waals surface area (Å²) in [6, 6.07) is 9.09. The highest BCUT2D eigenvalue weighted by atomic mass is 16.6. The van der Waals surface area contributed by atoms with Gasteiger partial charge in [0.05, 0.1) is 12.1 Å². The number of amides is 2. The molecule has 1 saturated heterocycles. The molecule has 1 aliphatic rings. The third-order valence-corrected chi connectivity index (χ3v) is 4.22. The van der Waals surface area contributed by atoms with Crippen LogP contribution in [0.5, 0.6) is 0 Å². The zero-order valence-corrected chi connectivity index (χ0v) is 14.6. The van der Waals surface area contributed by atoms with E-state index in [4.69, 9.17) is 10.5 Å². The second-order valence-corrected chi connectivity index (χ2v) is 6.56. The van der Waals surface area contributed by atoms with E-state index in [2.05, 4.69) is 0 Å². The van der Waals surface area contributed by atoms with Crippen LogP contribution in [-0.4, -0.2) is 53.0 Å². The molecule has 1 aromatic carbocycles. The first kappa shape index (κ1) is 18.3. The molecule has 132 valence electrons. The van der Waals surface area contributed by atoms with E-state index in [1.807, 2.05) is 44.2 Å². The van der Waals surface area contributed by atoms with Crippen LogP contribution >= 0.6 is 0 Å². The topological polar surface area (TPSA) is 75.9 Å². The largest absolute Gasteiger partial charge is 0.445 e. The van der Waals surface area contributed by atoms with Crippen LogP contribution in [0.2, 0.25) is 0 Å². The Kier molecular flexibility index (Phi) is 6.20. The van der Waals surface area contributed by atoms with Crippen LogP contribution in [0.3, 0.4) is 0 Å². The van der Waals surface area contributed by atoms with Crippen molar-refractivity contribution in [2.75, 3.05) is 13.1 Å². The summed E-state index contributed by atoms with van der Waals surface area (Å²) in [4.78, 5) is 28.0. The second kappa shape index (κ2) is 8.15. The van der Waals surface area contributed by atoms with Crippen molar-refractivity contribution >= 4 is 12.0 Å². The minimum absolute atomic E-state index is 0.00669.